The zero-order valence-electron chi connectivity index (χ0n) is 10.3. The van der Waals surface area contributed by atoms with Gasteiger partial charge in [0.25, 0.3) is 5.91 Å². The van der Waals surface area contributed by atoms with Gasteiger partial charge < -0.3 is 4.42 Å². The third-order valence-electron chi connectivity index (χ3n) is 2.40. The minimum atomic E-state index is -0.909. The van der Waals surface area contributed by atoms with Gasteiger partial charge in [-0.05, 0) is 18.2 Å². The molecular formula is C12H8FN3O5. The highest BCUT2D eigenvalue weighted by Gasteiger charge is 2.18. The van der Waals surface area contributed by atoms with Crippen LogP contribution in [0.5, 0.6) is 0 Å². The standard InChI is InChI=1S/C12H8FN3O5/c13-8-4-2-1-3-7(8)11(17)14-15-12(18)9-5-6-10(21-9)16(19)20/h1-6H,(H,14,17)(H,15,18). The summed E-state index contributed by atoms with van der Waals surface area (Å²) in [6.45, 7) is 0. The molecule has 1 aromatic carbocycles. The van der Waals surface area contributed by atoms with Crippen molar-refractivity contribution in [2.24, 2.45) is 0 Å². The zero-order valence-corrected chi connectivity index (χ0v) is 10.3. The maximum atomic E-state index is 13.3. The molecule has 0 spiro atoms. The van der Waals surface area contributed by atoms with Gasteiger partial charge in [-0.15, -0.1) is 0 Å². The van der Waals surface area contributed by atoms with Gasteiger partial charge in [-0.3, -0.25) is 30.6 Å². The maximum Gasteiger partial charge on any atom is 0.433 e. The van der Waals surface area contributed by atoms with Gasteiger partial charge in [0.15, 0.2) is 0 Å². The van der Waals surface area contributed by atoms with Crippen LogP contribution in [0.15, 0.2) is 40.8 Å². The number of hydrazine groups is 1. The van der Waals surface area contributed by atoms with E-state index in [2.05, 4.69) is 4.42 Å². The molecule has 2 aromatic rings. The molecule has 0 unspecified atom stereocenters. The summed E-state index contributed by atoms with van der Waals surface area (Å²) in [5, 5.41) is 10.4. The molecule has 0 saturated heterocycles. The number of halogens is 1. The number of carbonyl (C=O) groups excluding carboxylic acids is 2. The molecule has 2 N–H and O–H groups in total. The Bertz CT molecular complexity index is 712. The first-order valence-electron chi connectivity index (χ1n) is 5.58. The Morgan fingerprint density at radius 3 is 2.38 bits per heavy atom. The number of amides is 2. The predicted octanol–water partition coefficient (Wildman–Crippen LogP) is 1.40. The largest absolute Gasteiger partial charge is 0.433 e. The molecule has 0 radical (unpaired) electrons. The number of carbonyl (C=O) groups is 2. The Morgan fingerprint density at radius 2 is 1.76 bits per heavy atom. The van der Waals surface area contributed by atoms with Gasteiger partial charge in [-0.2, -0.15) is 0 Å². The molecule has 1 heterocycles. The third-order valence-corrected chi connectivity index (χ3v) is 2.40. The summed E-state index contributed by atoms with van der Waals surface area (Å²) in [6, 6.07) is 7.25. The van der Waals surface area contributed by atoms with E-state index in [1.54, 1.807) is 0 Å². The van der Waals surface area contributed by atoms with E-state index in [0.717, 1.165) is 18.2 Å². The van der Waals surface area contributed by atoms with E-state index in [9.17, 15) is 24.1 Å². The fourth-order valence-corrected chi connectivity index (χ4v) is 1.44. The number of rotatable bonds is 3. The summed E-state index contributed by atoms with van der Waals surface area (Å²) in [6.07, 6.45) is 0. The van der Waals surface area contributed by atoms with Gasteiger partial charge in [0.2, 0.25) is 5.76 Å². The topological polar surface area (TPSA) is 114 Å². The van der Waals surface area contributed by atoms with Crippen LogP contribution in [0.1, 0.15) is 20.9 Å². The Hall–Kier alpha value is -3.23. The second-order valence-electron chi connectivity index (χ2n) is 3.78. The molecule has 108 valence electrons. The fraction of sp³-hybridized carbons (Fsp3) is 0. The molecule has 1 aromatic heterocycles. The van der Waals surface area contributed by atoms with Crippen molar-refractivity contribution in [1.82, 2.24) is 10.9 Å². The second kappa shape index (κ2) is 5.82. The quantitative estimate of drug-likeness (QED) is 0.655. The van der Waals surface area contributed by atoms with E-state index in [1.165, 1.54) is 18.2 Å². The first kappa shape index (κ1) is 14.2. The average molecular weight is 293 g/mol. The van der Waals surface area contributed by atoms with Gasteiger partial charge in [-0.25, -0.2) is 4.39 Å². The molecule has 8 nitrogen and oxygen atoms in total. The molecule has 0 aliphatic heterocycles. The van der Waals surface area contributed by atoms with Crippen LogP contribution in [-0.2, 0) is 0 Å². The van der Waals surface area contributed by atoms with Crippen molar-refractivity contribution < 1.29 is 23.3 Å². The lowest BCUT2D eigenvalue weighted by Gasteiger charge is -2.06. The molecule has 2 amide bonds. The molecule has 0 fully saturated rings. The van der Waals surface area contributed by atoms with Gasteiger partial charge in [0.1, 0.15) is 10.7 Å². The van der Waals surface area contributed by atoms with Crippen LogP contribution in [0.4, 0.5) is 10.3 Å². The van der Waals surface area contributed by atoms with Crippen molar-refractivity contribution in [2.45, 2.75) is 0 Å². The van der Waals surface area contributed by atoms with E-state index in [1.807, 2.05) is 10.9 Å². The smallest absolute Gasteiger partial charge is 0.395 e. The average Bonchev–Trinajstić information content (AvgIpc) is 2.95. The van der Waals surface area contributed by atoms with E-state index in [4.69, 9.17) is 0 Å². The first-order chi connectivity index (χ1) is 9.99. The van der Waals surface area contributed by atoms with Crippen molar-refractivity contribution in [2.75, 3.05) is 0 Å². The number of hydrogen-bond acceptors (Lipinski definition) is 5. The van der Waals surface area contributed by atoms with Gasteiger partial charge in [-0.1, -0.05) is 12.1 Å². The lowest BCUT2D eigenvalue weighted by molar-refractivity contribution is -0.402. The monoisotopic (exact) mass is 293 g/mol. The number of nitro groups is 1. The number of nitrogens with one attached hydrogen (secondary N) is 2. The van der Waals surface area contributed by atoms with Crippen LogP contribution < -0.4 is 10.9 Å². The first-order valence-corrected chi connectivity index (χ1v) is 5.58. The maximum absolute atomic E-state index is 13.3. The van der Waals surface area contributed by atoms with Crippen molar-refractivity contribution in [1.29, 1.82) is 0 Å². The van der Waals surface area contributed by atoms with Crippen molar-refractivity contribution in [3.05, 3.63) is 63.7 Å². The van der Waals surface area contributed by atoms with Crippen LogP contribution in [0.2, 0.25) is 0 Å². The summed E-state index contributed by atoms with van der Waals surface area (Å²) < 4.78 is 17.9. The Morgan fingerprint density at radius 1 is 1.10 bits per heavy atom. The van der Waals surface area contributed by atoms with E-state index in [-0.39, 0.29) is 11.3 Å². The SMILES string of the molecule is O=C(NNC(=O)c1ccccc1F)c1ccc([N+](=O)[O-])o1. The molecule has 2 rings (SSSR count). The summed E-state index contributed by atoms with van der Waals surface area (Å²) in [4.78, 5) is 32.8. The van der Waals surface area contributed by atoms with E-state index >= 15 is 0 Å². The second-order valence-corrected chi connectivity index (χ2v) is 3.78. The zero-order chi connectivity index (χ0) is 15.4. The van der Waals surface area contributed by atoms with Crippen LogP contribution in [0.25, 0.3) is 0 Å². The molecule has 0 saturated carbocycles. The van der Waals surface area contributed by atoms with Crippen molar-refractivity contribution in [3.8, 4) is 0 Å². The van der Waals surface area contributed by atoms with Gasteiger partial charge in [0, 0.05) is 0 Å². The number of hydrogen-bond donors (Lipinski definition) is 2. The van der Waals surface area contributed by atoms with Gasteiger partial charge in [0.05, 0.1) is 11.6 Å². The van der Waals surface area contributed by atoms with E-state index < -0.39 is 28.4 Å². The molecule has 0 atom stereocenters. The van der Waals surface area contributed by atoms with Crippen LogP contribution in [0.3, 0.4) is 0 Å². The summed E-state index contributed by atoms with van der Waals surface area (Å²) in [7, 11) is 0. The molecular weight excluding hydrogens is 285 g/mol. The normalized spacial score (nSPS) is 9.95. The van der Waals surface area contributed by atoms with Crippen LogP contribution in [-0.4, -0.2) is 16.7 Å². The highest BCUT2D eigenvalue weighted by Crippen LogP contribution is 2.15. The minimum absolute atomic E-state index is 0.261. The lowest BCUT2D eigenvalue weighted by Crippen LogP contribution is -2.41. The molecule has 9 heteroatoms. The number of furan rings is 1. The summed E-state index contributed by atoms with van der Waals surface area (Å²) in [5.74, 6) is -3.51. The Balaban J connectivity index is 1.99. The highest BCUT2D eigenvalue weighted by molar-refractivity contribution is 5.98. The lowest BCUT2D eigenvalue weighted by atomic mass is 10.2. The summed E-state index contributed by atoms with van der Waals surface area (Å²) >= 11 is 0. The molecule has 0 bridgehead atoms. The molecule has 0 aliphatic carbocycles. The molecule has 21 heavy (non-hydrogen) atoms. The van der Waals surface area contributed by atoms with Crippen molar-refractivity contribution in [3.63, 3.8) is 0 Å². The summed E-state index contributed by atoms with van der Waals surface area (Å²) in [5.41, 5.74) is 3.66. The van der Waals surface area contributed by atoms with Crippen LogP contribution in [0, 0.1) is 15.9 Å². The van der Waals surface area contributed by atoms with Crippen LogP contribution >= 0.6 is 0 Å². The number of nitrogens with zero attached hydrogens (tertiary/aromatic N) is 1. The number of benzene rings is 1. The Kier molecular flexibility index (Phi) is 3.93. The minimum Gasteiger partial charge on any atom is -0.395 e. The van der Waals surface area contributed by atoms with E-state index in [0.29, 0.717) is 0 Å². The fourth-order valence-electron chi connectivity index (χ4n) is 1.44. The molecule has 0 aliphatic rings. The Labute approximate surface area is 116 Å². The predicted molar refractivity (Wildman–Crippen MR) is 66.7 cm³/mol. The van der Waals surface area contributed by atoms with Gasteiger partial charge >= 0.3 is 11.8 Å². The highest BCUT2D eigenvalue weighted by atomic mass is 19.1. The third kappa shape index (κ3) is 3.21. The van der Waals surface area contributed by atoms with Crippen molar-refractivity contribution >= 4 is 17.7 Å².